The first-order chi connectivity index (χ1) is 9.60. The Morgan fingerprint density at radius 1 is 0.950 bits per heavy atom. The maximum absolute atomic E-state index is 12.1. The number of hydrogen-bond donors (Lipinski definition) is 0. The molecule has 0 aliphatic heterocycles. The molecule has 2 aromatic carbocycles. The zero-order valence-corrected chi connectivity index (χ0v) is 11.7. The number of Topliss-reactive ketones (excluding diaryl/α,β-unsaturated/α-hetero) is 1. The largest absolute Gasteiger partial charge is 0.465 e. The summed E-state index contributed by atoms with van der Waals surface area (Å²) in [6.07, 6.45) is 0.281. The minimum absolute atomic E-state index is 0.00693. The lowest BCUT2D eigenvalue weighted by atomic mass is 10.0. The summed E-state index contributed by atoms with van der Waals surface area (Å²) in [5, 5.41) is 0.601. The number of ketones is 1. The third kappa shape index (κ3) is 3.45. The molecule has 20 heavy (non-hydrogen) atoms. The van der Waals surface area contributed by atoms with Crippen LogP contribution in [-0.4, -0.2) is 18.9 Å². The SMILES string of the molecule is COC(=O)c1ccc(CC(=O)c2ccc(Cl)cc2)cc1. The molecule has 3 nitrogen and oxygen atoms in total. The Balaban J connectivity index is 2.08. The van der Waals surface area contributed by atoms with Crippen molar-refractivity contribution in [3.8, 4) is 0 Å². The number of rotatable bonds is 4. The standard InChI is InChI=1S/C16H13ClO3/c1-20-16(19)13-4-2-11(3-5-13)10-15(18)12-6-8-14(17)9-7-12/h2-9H,10H2,1H3. The van der Waals surface area contributed by atoms with Gasteiger partial charge in [-0.2, -0.15) is 0 Å². The molecular weight excluding hydrogens is 276 g/mol. The highest BCUT2D eigenvalue weighted by Gasteiger charge is 2.09. The van der Waals surface area contributed by atoms with Gasteiger partial charge in [0, 0.05) is 17.0 Å². The van der Waals surface area contributed by atoms with Crippen LogP contribution >= 0.6 is 11.6 Å². The fourth-order valence-electron chi connectivity index (χ4n) is 1.80. The number of halogens is 1. The van der Waals surface area contributed by atoms with Crippen molar-refractivity contribution in [3.05, 3.63) is 70.2 Å². The maximum atomic E-state index is 12.1. The number of carbonyl (C=O) groups excluding carboxylic acids is 2. The van der Waals surface area contributed by atoms with E-state index in [-0.39, 0.29) is 18.2 Å². The number of hydrogen-bond acceptors (Lipinski definition) is 3. The van der Waals surface area contributed by atoms with Crippen LogP contribution in [0.2, 0.25) is 5.02 Å². The van der Waals surface area contributed by atoms with Crippen LogP contribution in [0.3, 0.4) is 0 Å². The van der Waals surface area contributed by atoms with Crippen molar-refractivity contribution in [2.24, 2.45) is 0 Å². The van der Waals surface area contributed by atoms with Crippen molar-refractivity contribution >= 4 is 23.4 Å². The van der Waals surface area contributed by atoms with Gasteiger partial charge in [0.2, 0.25) is 0 Å². The molecule has 4 heteroatoms. The van der Waals surface area contributed by atoms with Crippen LogP contribution in [0.15, 0.2) is 48.5 Å². The Morgan fingerprint density at radius 3 is 2.05 bits per heavy atom. The first-order valence-corrected chi connectivity index (χ1v) is 6.44. The second-order valence-electron chi connectivity index (χ2n) is 4.30. The highest BCUT2D eigenvalue weighted by atomic mass is 35.5. The lowest BCUT2D eigenvalue weighted by molar-refractivity contribution is 0.0600. The molecule has 0 fully saturated rings. The summed E-state index contributed by atoms with van der Waals surface area (Å²) in [5.41, 5.74) is 1.93. The Labute approximate surface area is 122 Å². The van der Waals surface area contributed by atoms with Gasteiger partial charge in [0.1, 0.15) is 0 Å². The molecule has 0 radical (unpaired) electrons. The molecule has 102 valence electrons. The maximum Gasteiger partial charge on any atom is 0.337 e. The number of esters is 1. The van der Waals surface area contributed by atoms with Crippen molar-refractivity contribution in [2.75, 3.05) is 7.11 Å². The lowest BCUT2D eigenvalue weighted by Gasteiger charge is -2.03. The molecule has 0 aliphatic carbocycles. The molecule has 2 rings (SSSR count). The van der Waals surface area contributed by atoms with Gasteiger partial charge in [-0.1, -0.05) is 23.7 Å². The average molecular weight is 289 g/mol. The van der Waals surface area contributed by atoms with Crippen molar-refractivity contribution < 1.29 is 14.3 Å². The molecule has 2 aromatic rings. The molecule has 0 saturated carbocycles. The molecule has 0 saturated heterocycles. The van der Waals surface area contributed by atoms with Gasteiger partial charge in [-0.05, 0) is 42.0 Å². The number of ether oxygens (including phenoxy) is 1. The summed E-state index contributed by atoms with van der Waals surface area (Å²) in [5.74, 6) is -0.381. The summed E-state index contributed by atoms with van der Waals surface area (Å²) in [6.45, 7) is 0. The second kappa shape index (κ2) is 6.35. The Hall–Kier alpha value is -2.13. The number of methoxy groups -OCH3 is 1. The second-order valence-corrected chi connectivity index (χ2v) is 4.73. The molecule has 0 N–H and O–H groups in total. The fraction of sp³-hybridized carbons (Fsp3) is 0.125. The van der Waals surface area contributed by atoms with Gasteiger partial charge in [0.15, 0.2) is 5.78 Å². The Morgan fingerprint density at radius 2 is 1.50 bits per heavy atom. The van der Waals surface area contributed by atoms with Gasteiger partial charge < -0.3 is 4.74 Å². The summed E-state index contributed by atoms with van der Waals surface area (Å²) in [7, 11) is 1.33. The van der Waals surface area contributed by atoms with Crippen LogP contribution in [-0.2, 0) is 11.2 Å². The number of carbonyl (C=O) groups is 2. The van der Waals surface area contributed by atoms with E-state index in [4.69, 9.17) is 11.6 Å². The summed E-state index contributed by atoms with van der Waals surface area (Å²) < 4.78 is 4.62. The predicted molar refractivity (Wildman–Crippen MR) is 77.3 cm³/mol. The van der Waals surface area contributed by atoms with Gasteiger partial charge >= 0.3 is 5.97 Å². The predicted octanol–water partition coefficient (Wildman–Crippen LogP) is 3.55. The van der Waals surface area contributed by atoms with Crippen LogP contribution in [0, 0.1) is 0 Å². The normalized spacial score (nSPS) is 10.1. The van der Waals surface area contributed by atoms with Crippen LogP contribution < -0.4 is 0 Å². The Bertz CT molecular complexity index is 615. The summed E-state index contributed by atoms with van der Waals surface area (Å²) in [4.78, 5) is 23.4. The Kier molecular flexibility index (Phi) is 4.53. The van der Waals surface area contributed by atoms with E-state index in [2.05, 4.69) is 4.74 Å². The van der Waals surface area contributed by atoms with Crippen LogP contribution in [0.5, 0.6) is 0 Å². The third-order valence-corrected chi connectivity index (χ3v) is 3.16. The average Bonchev–Trinajstić information content (AvgIpc) is 2.48. The molecule has 0 spiro atoms. The van der Waals surface area contributed by atoms with Crippen molar-refractivity contribution in [1.29, 1.82) is 0 Å². The number of benzene rings is 2. The van der Waals surface area contributed by atoms with Crippen LogP contribution in [0.25, 0.3) is 0 Å². The van der Waals surface area contributed by atoms with E-state index < -0.39 is 0 Å². The van der Waals surface area contributed by atoms with Gasteiger partial charge in [-0.25, -0.2) is 4.79 Å². The minimum Gasteiger partial charge on any atom is -0.465 e. The van der Waals surface area contributed by atoms with Gasteiger partial charge in [-0.3, -0.25) is 4.79 Å². The van der Waals surface area contributed by atoms with Crippen molar-refractivity contribution in [2.45, 2.75) is 6.42 Å². The highest BCUT2D eigenvalue weighted by Crippen LogP contribution is 2.13. The van der Waals surface area contributed by atoms with Crippen molar-refractivity contribution in [3.63, 3.8) is 0 Å². The molecule has 0 aliphatic rings. The van der Waals surface area contributed by atoms with Crippen LogP contribution in [0.4, 0.5) is 0 Å². The van der Waals surface area contributed by atoms with E-state index in [9.17, 15) is 9.59 Å². The molecule has 0 unspecified atom stereocenters. The first-order valence-electron chi connectivity index (χ1n) is 6.06. The molecule has 0 atom stereocenters. The monoisotopic (exact) mass is 288 g/mol. The summed E-state index contributed by atoms with van der Waals surface area (Å²) in [6, 6.07) is 13.6. The van der Waals surface area contributed by atoms with E-state index in [0.29, 0.717) is 16.1 Å². The molecule has 0 heterocycles. The quantitative estimate of drug-likeness (QED) is 0.638. The fourth-order valence-corrected chi connectivity index (χ4v) is 1.93. The first kappa shape index (κ1) is 14.3. The van der Waals surface area contributed by atoms with Gasteiger partial charge in [0.25, 0.3) is 0 Å². The lowest BCUT2D eigenvalue weighted by Crippen LogP contribution is -2.05. The zero-order valence-electron chi connectivity index (χ0n) is 10.9. The van der Waals surface area contributed by atoms with E-state index in [1.54, 1.807) is 48.5 Å². The van der Waals surface area contributed by atoms with E-state index in [1.165, 1.54) is 7.11 Å². The van der Waals surface area contributed by atoms with Crippen molar-refractivity contribution in [1.82, 2.24) is 0 Å². The van der Waals surface area contributed by atoms with Crippen LogP contribution in [0.1, 0.15) is 26.3 Å². The van der Waals surface area contributed by atoms with Gasteiger partial charge in [-0.15, -0.1) is 0 Å². The third-order valence-electron chi connectivity index (χ3n) is 2.91. The summed E-state index contributed by atoms with van der Waals surface area (Å²) >= 11 is 5.78. The van der Waals surface area contributed by atoms with E-state index in [1.807, 2.05) is 0 Å². The minimum atomic E-state index is -0.388. The molecule has 0 amide bonds. The van der Waals surface area contributed by atoms with Gasteiger partial charge in [0.05, 0.1) is 12.7 Å². The molecular formula is C16H13ClO3. The zero-order chi connectivity index (χ0) is 14.5. The smallest absolute Gasteiger partial charge is 0.337 e. The molecule has 0 aromatic heterocycles. The van der Waals surface area contributed by atoms with E-state index in [0.717, 1.165) is 5.56 Å². The highest BCUT2D eigenvalue weighted by molar-refractivity contribution is 6.30. The topological polar surface area (TPSA) is 43.4 Å². The molecule has 0 bridgehead atoms. The van der Waals surface area contributed by atoms with E-state index >= 15 is 0 Å².